The van der Waals surface area contributed by atoms with E-state index in [2.05, 4.69) is 15.3 Å². The summed E-state index contributed by atoms with van der Waals surface area (Å²) in [4.78, 5) is 0. The van der Waals surface area contributed by atoms with Gasteiger partial charge in [0.2, 0.25) is 0 Å². The molecule has 1 atom stereocenters. The molecule has 8 heteroatoms. The summed E-state index contributed by atoms with van der Waals surface area (Å²) in [5.74, 6) is -0.560. The molecule has 21 heavy (non-hydrogen) atoms. The van der Waals surface area contributed by atoms with Crippen molar-refractivity contribution in [3.63, 3.8) is 0 Å². The number of hydrogen-bond donors (Lipinski definition) is 0. The molecule has 128 valence electrons. The normalized spacial score (nSPS) is 14.2. The molecule has 0 heterocycles. The molecule has 0 aliphatic heterocycles. The van der Waals surface area contributed by atoms with Crippen molar-refractivity contribution in [3.05, 3.63) is 0 Å². The van der Waals surface area contributed by atoms with Crippen LogP contribution in [0.1, 0.15) is 58.3 Å². The van der Waals surface area contributed by atoms with E-state index >= 15 is 0 Å². The highest BCUT2D eigenvalue weighted by molar-refractivity contribution is 7.91. The molecule has 0 rings (SSSR count). The van der Waals surface area contributed by atoms with Crippen molar-refractivity contribution in [1.29, 1.82) is 0 Å². The highest BCUT2D eigenvalue weighted by Gasteiger charge is 2.30. The number of unbranched alkanes of at least 4 members (excludes halogenated alkanes) is 6. The van der Waals surface area contributed by atoms with Crippen molar-refractivity contribution in [2.45, 2.75) is 63.5 Å². The van der Waals surface area contributed by atoms with E-state index in [9.17, 15) is 16.8 Å². The second-order valence-electron chi connectivity index (χ2n) is 5.08. The van der Waals surface area contributed by atoms with Gasteiger partial charge in [-0.25, -0.2) is 0 Å². The molecule has 0 aromatic carbocycles. The zero-order chi connectivity index (χ0) is 16.4. The van der Waals surface area contributed by atoms with E-state index in [0.717, 1.165) is 33.5 Å². The van der Waals surface area contributed by atoms with Crippen molar-refractivity contribution < 1.29 is 25.2 Å². The Labute approximate surface area is 129 Å². The fourth-order valence-corrected chi connectivity index (χ4v) is 4.72. The molecule has 0 spiro atoms. The smallest absolute Gasteiger partial charge is 0.271 e. The van der Waals surface area contributed by atoms with Crippen molar-refractivity contribution in [2.75, 3.05) is 20.0 Å². The first-order chi connectivity index (χ1) is 9.79. The highest BCUT2D eigenvalue weighted by atomic mass is 32.2. The van der Waals surface area contributed by atoms with Crippen LogP contribution in [0.2, 0.25) is 0 Å². The molecule has 1 unspecified atom stereocenters. The Balaban J connectivity index is 4.32. The third kappa shape index (κ3) is 9.44. The summed E-state index contributed by atoms with van der Waals surface area (Å²) < 4.78 is 55.2. The third-order valence-corrected chi connectivity index (χ3v) is 6.63. The zero-order valence-electron chi connectivity index (χ0n) is 13.2. The van der Waals surface area contributed by atoms with Crippen molar-refractivity contribution in [2.24, 2.45) is 0 Å². The van der Waals surface area contributed by atoms with Crippen LogP contribution in [0.15, 0.2) is 0 Å². The van der Waals surface area contributed by atoms with Crippen LogP contribution in [0.3, 0.4) is 0 Å². The number of rotatable bonds is 13. The summed E-state index contributed by atoms with van der Waals surface area (Å²) in [5.41, 5.74) is 0. The first kappa shape index (κ1) is 20.8. The summed E-state index contributed by atoms with van der Waals surface area (Å²) >= 11 is 0. The molecular weight excluding hydrogens is 316 g/mol. The topological polar surface area (TPSA) is 86.7 Å². The summed E-state index contributed by atoms with van der Waals surface area (Å²) in [6, 6.07) is 0. The van der Waals surface area contributed by atoms with Crippen LogP contribution in [0, 0.1) is 0 Å². The average molecular weight is 344 g/mol. The Morgan fingerprint density at radius 1 is 0.810 bits per heavy atom. The predicted molar refractivity (Wildman–Crippen MR) is 83.1 cm³/mol. The first-order valence-electron chi connectivity index (χ1n) is 7.36. The molecule has 0 bridgehead atoms. The van der Waals surface area contributed by atoms with Gasteiger partial charge in [0, 0.05) is 0 Å². The summed E-state index contributed by atoms with van der Waals surface area (Å²) in [5, 5.41) is -1.07. The standard InChI is InChI=1S/C13H28O6S2/c1-4-5-6-7-8-9-10-11-13(21(16,17)19-3)12-20(14,15)18-2/h13H,4-12H2,1-3H3. The second-order valence-corrected chi connectivity index (χ2v) is 8.85. The molecule has 6 nitrogen and oxygen atoms in total. The Kier molecular flexibility index (Phi) is 10.4. The maximum atomic E-state index is 11.8. The van der Waals surface area contributed by atoms with Crippen LogP contribution in [0.5, 0.6) is 0 Å². The number of hydrogen-bond acceptors (Lipinski definition) is 6. The van der Waals surface area contributed by atoms with Gasteiger partial charge in [-0.1, -0.05) is 51.9 Å². The van der Waals surface area contributed by atoms with E-state index in [-0.39, 0.29) is 6.42 Å². The van der Waals surface area contributed by atoms with Gasteiger partial charge in [-0.05, 0) is 6.42 Å². The summed E-state index contributed by atoms with van der Waals surface area (Å²) in [6.07, 6.45) is 7.59. The van der Waals surface area contributed by atoms with Crippen molar-refractivity contribution in [3.8, 4) is 0 Å². The molecule has 0 amide bonds. The maximum Gasteiger partial charge on any atom is 0.271 e. The van der Waals surface area contributed by atoms with E-state index in [0.29, 0.717) is 6.42 Å². The minimum absolute atomic E-state index is 0.270. The maximum absolute atomic E-state index is 11.8. The van der Waals surface area contributed by atoms with E-state index in [1.165, 1.54) is 19.3 Å². The molecule has 0 aromatic heterocycles. The molecule has 0 radical (unpaired) electrons. The predicted octanol–water partition coefficient (Wildman–Crippen LogP) is 2.45. The lowest BCUT2D eigenvalue weighted by molar-refractivity contribution is 0.375. The zero-order valence-corrected chi connectivity index (χ0v) is 14.8. The van der Waals surface area contributed by atoms with Gasteiger partial charge in [-0.2, -0.15) is 16.8 Å². The Morgan fingerprint density at radius 2 is 1.33 bits per heavy atom. The van der Waals surface area contributed by atoms with Gasteiger partial charge in [-0.15, -0.1) is 0 Å². The van der Waals surface area contributed by atoms with Crippen LogP contribution < -0.4 is 0 Å². The lowest BCUT2D eigenvalue weighted by Crippen LogP contribution is -2.31. The molecule has 0 N–H and O–H groups in total. The fraction of sp³-hybridized carbons (Fsp3) is 1.00. The molecule has 0 fully saturated rings. The first-order valence-corrected chi connectivity index (χ1v) is 10.4. The molecule has 0 aromatic rings. The van der Waals surface area contributed by atoms with Crippen LogP contribution in [-0.4, -0.2) is 42.1 Å². The van der Waals surface area contributed by atoms with Crippen LogP contribution >= 0.6 is 0 Å². The van der Waals surface area contributed by atoms with E-state index in [4.69, 9.17) is 0 Å². The lowest BCUT2D eigenvalue weighted by atomic mass is 10.1. The summed E-state index contributed by atoms with van der Waals surface area (Å²) in [7, 11) is -5.61. The van der Waals surface area contributed by atoms with Gasteiger partial charge in [0.1, 0.15) is 5.25 Å². The van der Waals surface area contributed by atoms with Crippen LogP contribution in [-0.2, 0) is 28.6 Å². The quantitative estimate of drug-likeness (QED) is 0.377. The summed E-state index contributed by atoms with van der Waals surface area (Å²) in [6.45, 7) is 2.15. The molecule has 0 saturated carbocycles. The van der Waals surface area contributed by atoms with E-state index in [1.54, 1.807) is 0 Å². The average Bonchev–Trinajstić information content (AvgIpc) is 2.45. The van der Waals surface area contributed by atoms with E-state index < -0.39 is 31.2 Å². The largest absolute Gasteiger partial charge is 0.273 e. The van der Waals surface area contributed by atoms with Crippen LogP contribution in [0.25, 0.3) is 0 Å². The molecule has 0 aliphatic rings. The van der Waals surface area contributed by atoms with Crippen LogP contribution in [0.4, 0.5) is 0 Å². The van der Waals surface area contributed by atoms with Gasteiger partial charge in [0.05, 0.1) is 20.0 Å². The van der Waals surface area contributed by atoms with Crippen molar-refractivity contribution in [1.82, 2.24) is 0 Å². The molecule has 0 aliphatic carbocycles. The minimum Gasteiger partial charge on any atom is -0.273 e. The Hall–Kier alpha value is -0.180. The second kappa shape index (κ2) is 10.5. The molecule has 0 saturated heterocycles. The van der Waals surface area contributed by atoms with Crippen molar-refractivity contribution >= 4 is 20.2 Å². The third-order valence-electron chi connectivity index (χ3n) is 3.41. The van der Waals surface area contributed by atoms with Gasteiger partial charge in [0.15, 0.2) is 0 Å². The fourth-order valence-electron chi connectivity index (χ4n) is 2.07. The minimum atomic E-state index is -3.86. The van der Waals surface area contributed by atoms with Gasteiger partial charge in [-0.3, -0.25) is 8.37 Å². The van der Waals surface area contributed by atoms with Gasteiger partial charge < -0.3 is 0 Å². The SMILES string of the molecule is CCCCCCCCCC(CS(=O)(=O)OC)S(=O)(=O)OC. The van der Waals surface area contributed by atoms with E-state index in [1.807, 2.05) is 0 Å². The monoisotopic (exact) mass is 344 g/mol. The van der Waals surface area contributed by atoms with Gasteiger partial charge >= 0.3 is 0 Å². The highest BCUT2D eigenvalue weighted by Crippen LogP contribution is 2.17. The Bertz CT molecular complexity index is 455. The lowest BCUT2D eigenvalue weighted by Gasteiger charge is -2.15. The molecular formula is C13H28O6S2. The van der Waals surface area contributed by atoms with Gasteiger partial charge in [0.25, 0.3) is 20.2 Å². The Morgan fingerprint density at radius 3 is 1.81 bits per heavy atom.